The van der Waals surface area contributed by atoms with Gasteiger partial charge in [0.15, 0.2) is 0 Å². The van der Waals surface area contributed by atoms with Crippen LogP contribution in [-0.2, 0) is 9.53 Å². The normalized spacial score (nSPS) is 21.3. The minimum Gasteiger partial charge on any atom is -0.481 e. The van der Waals surface area contributed by atoms with Crippen LogP contribution in [0.1, 0.15) is 25.7 Å². The van der Waals surface area contributed by atoms with E-state index in [0.717, 1.165) is 26.1 Å². The molecule has 4 nitrogen and oxygen atoms in total. The highest BCUT2D eigenvalue weighted by Gasteiger charge is 2.21. The summed E-state index contributed by atoms with van der Waals surface area (Å²) in [5.41, 5.74) is 5.88. The topological polar surface area (TPSA) is 72.6 Å². The molecule has 1 aliphatic heterocycles. The van der Waals surface area contributed by atoms with Crippen molar-refractivity contribution in [3.8, 4) is 0 Å². The molecule has 1 aliphatic rings. The third-order valence-corrected chi connectivity index (χ3v) is 2.56. The van der Waals surface area contributed by atoms with Crippen molar-refractivity contribution in [2.45, 2.75) is 31.7 Å². The Bertz CT molecular complexity index is 166. The predicted octanol–water partition coefficient (Wildman–Crippen LogP) is 0.605. The Morgan fingerprint density at radius 3 is 2.69 bits per heavy atom. The minimum absolute atomic E-state index is 0.0278. The Morgan fingerprint density at radius 1 is 1.54 bits per heavy atom. The zero-order chi connectivity index (χ0) is 9.68. The quantitative estimate of drug-likeness (QED) is 0.676. The van der Waals surface area contributed by atoms with Gasteiger partial charge >= 0.3 is 5.97 Å². The first-order valence-corrected chi connectivity index (χ1v) is 4.75. The fourth-order valence-corrected chi connectivity index (χ4v) is 1.67. The molecule has 0 aromatic rings. The van der Waals surface area contributed by atoms with E-state index in [-0.39, 0.29) is 12.5 Å². The van der Waals surface area contributed by atoms with Crippen LogP contribution in [0.25, 0.3) is 0 Å². The third kappa shape index (κ3) is 3.74. The van der Waals surface area contributed by atoms with Gasteiger partial charge in [0.05, 0.1) is 0 Å². The molecule has 3 N–H and O–H groups in total. The lowest BCUT2D eigenvalue weighted by Crippen LogP contribution is -2.34. The van der Waals surface area contributed by atoms with Crippen molar-refractivity contribution in [3.05, 3.63) is 0 Å². The average Bonchev–Trinajstić information content (AvgIpc) is 2.15. The number of nitrogens with two attached hydrogens (primary N) is 1. The summed E-state index contributed by atoms with van der Waals surface area (Å²) in [6.45, 7) is 1.54. The zero-order valence-corrected chi connectivity index (χ0v) is 7.74. The molecule has 0 radical (unpaired) electrons. The smallest absolute Gasteiger partial charge is 0.303 e. The summed E-state index contributed by atoms with van der Waals surface area (Å²) < 4.78 is 5.20. The fourth-order valence-electron chi connectivity index (χ4n) is 1.67. The molecular weight excluding hydrogens is 170 g/mol. The number of carbonyl (C=O) groups is 1. The van der Waals surface area contributed by atoms with Crippen molar-refractivity contribution in [3.63, 3.8) is 0 Å². The minimum atomic E-state index is -0.762. The van der Waals surface area contributed by atoms with E-state index >= 15 is 0 Å². The van der Waals surface area contributed by atoms with Crippen molar-refractivity contribution in [2.75, 3.05) is 13.2 Å². The molecule has 1 heterocycles. The van der Waals surface area contributed by atoms with Gasteiger partial charge in [-0.3, -0.25) is 4.79 Å². The number of ether oxygens (including phenoxy) is 1. The lowest BCUT2D eigenvalue weighted by Gasteiger charge is -2.27. The van der Waals surface area contributed by atoms with Crippen LogP contribution in [0.4, 0.5) is 0 Å². The molecule has 0 aromatic carbocycles. The van der Waals surface area contributed by atoms with E-state index in [1.165, 1.54) is 0 Å². The molecule has 76 valence electrons. The van der Waals surface area contributed by atoms with Gasteiger partial charge in [0.2, 0.25) is 0 Å². The largest absolute Gasteiger partial charge is 0.481 e. The van der Waals surface area contributed by atoms with Gasteiger partial charge in [-0.15, -0.1) is 0 Å². The van der Waals surface area contributed by atoms with Crippen LogP contribution in [0.5, 0.6) is 0 Å². The molecule has 0 aliphatic carbocycles. The van der Waals surface area contributed by atoms with Crippen molar-refractivity contribution in [2.24, 2.45) is 11.7 Å². The number of hydrogen-bond donors (Lipinski definition) is 2. The standard InChI is InChI=1S/C9H17NO3/c10-8(1-2-9(11)12)7-3-5-13-6-4-7/h7-8H,1-6,10H2,(H,11,12). The van der Waals surface area contributed by atoms with Crippen molar-refractivity contribution in [1.82, 2.24) is 0 Å². The van der Waals surface area contributed by atoms with Gasteiger partial charge in [0.1, 0.15) is 0 Å². The Morgan fingerprint density at radius 2 is 2.15 bits per heavy atom. The molecule has 0 spiro atoms. The summed E-state index contributed by atoms with van der Waals surface area (Å²) in [5, 5.41) is 8.48. The second-order valence-corrected chi connectivity index (χ2v) is 3.55. The number of aliphatic carboxylic acids is 1. The van der Waals surface area contributed by atoms with Crippen LogP contribution in [0, 0.1) is 5.92 Å². The van der Waals surface area contributed by atoms with Gasteiger partial charge < -0.3 is 15.6 Å². The summed E-state index contributed by atoms with van der Waals surface area (Å²) in [5.74, 6) is -0.310. The molecule has 0 amide bonds. The Labute approximate surface area is 78.1 Å². The monoisotopic (exact) mass is 187 g/mol. The molecule has 0 aromatic heterocycles. The maximum absolute atomic E-state index is 10.3. The summed E-state index contributed by atoms with van der Waals surface area (Å²) in [4.78, 5) is 10.3. The van der Waals surface area contributed by atoms with Crippen LogP contribution in [0.15, 0.2) is 0 Å². The van der Waals surface area contributed by atoms with E-state index < -0.39 is 5.97 Å². The van der Waals surface area contributed by atoms with E-state index in [2.05, 4.69) is 0 Å². The second-order valence-electron chi connectivity index (χ2n) is 3.55. The highest BCUT2D eigenvalue weighted by atomic mass is 16.5. The Hall–Kier alpha value is -0.610. The first-order valence-electron chi connectivity index (χ1n) is 4.75. The fraction of sp³-hybridized carbons (Fsp3) is 0.889. The first-order chi connectivity index (χ1) is 6.20. The number of rotatable bonds is 4. The molecule has 0 bridgehead atoms. The first kappa shape index (κ1) is 10.5. The maximum Gasteiger partial charge on any atom is 0.303 e. The van der Waals surface area contributed by atoms with E-state index in [1.807, 2.05) is 0 Å². The molecule has 1 atom stereocenters. The second kappa shape index (κ2) is 5.19. The lowest BCUT2D eigenvalue weighted by atomic mass is 9.90. The highest BCUT2D eigenvalue weighted by molar-refractivity contribution is 5.66. The molecule has 0 saturated carbocycles. The molecule has 1 saturated heterocycles. The summed E-state index contributed by atoms with van der Waals surface area (Å²) in [6, 6.07) is 0.0278. The van der Waals surface area contributed by atoms with Crippen LogP contribution < -0.4 is 5.73 Å². The number of carboxylic acids is 1. The van der Waals surface area contributed by atoms with E-state index in [0.29, 0.717) is 12.3 Å². The van der Waals surface area contributed by atoms with Crippen LogP contribution in [-0.4, -0.2) is 30.3 Å². The highest BCUT2D eigenvalue weighted by Crippen LogP contribution is 2.19. The zero-order valence-electron chi connectivity index (χ0n) is 7.74. The van der Waals surface area contributed by atoms with Gasteiger partial charge in [0, 0.05) is 25.7 Å². The number of carboxylic acid groups (broad SMARTS) is 1. The SMILES string of the molecule is NC(CCC(=O)O)C1CCOCC1. The molecule has 1 fully saturated rings. The van der Waals surface area contributed by atoms with Crippen LogP contribution in [0.3, 0.4) is 0 Å². The lowest BCUT2D eigenvalue weighted by molar-refractivity contribution is -0.137. The van der Waals surface area contributed by atoms with E-state index in [4.69, 9.17) is 15.6 Å². The number of hydrogen-bond acceptors (Lipinski definition) is 3. The third-order valence-electron chi connectivity index (χ3n) is 2.56. The van der Waals surface area contributed by atoms with Gasteiger partial charge in [-0.1, -0.05) is 0 Å². The van der Waals surface area contributed by atoms with Crippen molar-refractivity contribution < 1.29 is 14.6 Å². The summed E-state index contributed by atoms with van der Waals surface area (Å²) >= 11 is 0. The Kier molecular flexibility index (Phi) is 4.18. The van der Waals surface area contributed by atoms with Crippen LogP contribution in [0.2, 0.25) is 0 Å². The van der Waals surface area contributed by atoms with Crippen molar-refractivity contribution in [1.29, 1.82) is 0 Å². The van der Waals surface area contributed by atoms with E-state index in [9.17, 15) is 4.79 Å². The summed E-state index contributed by atoms with van der Waals surface area (Å²) in [7, 11) is 0. The van der Waals surface area contributed by atoms with E-state index in [1.54, 1.807) is 0 Å². The molecular formula is C9H17NO3. The van der Waals surface area contributed by atoms with Gasteiger partial charge in [-0.05, 0) is 25.2 Å². The molecule has 4 heteroatoms. The van der Waals surface area contributed by atoms with Crippen molar-refractivity contribution >= 4 is 5.97 Å². The molecule has 1 rings (SSSR count). The van der Waals surface area contributed by atoms with Gasteiger partial charge in [0.25, 0.3) is 0 Å². The van der Waals surface area contributed by atoms with Gasteiger partial charge in [-0.25, -0.2) is 0 Å². The Balaban J connectivity index is 2.20. The molecule has 13 heavy (non-hydrogen) atoms. The van der Waals surface area contributed by atoms with Gasteiger partial charge in [-0.2, -0.15) is 0 Å². The van der Waals surface area contributed by atoms with Crippen LogP contribution >= 0.6 is 0 Å². The summed E-state index contributed by atoms with van der Waals surface area (Å²) in [6.07, 6.45) is 2.71. The maximum atomic E-state index is 10.3. The molecule has 1 unspecified atom stereocenters. The average molecular weight is 187 g/mol. The predicted molar refractivity (Wildman–Crippen MR) is 48.4 cm³/mol.